The Morgan fingerprint density at radius 2 is 1.55 bits per heavy atom. The van der Waals surface area contributed by atoms with E-state index in [0.29, 0.717) is 11.8 Å². The second-order valence-corrected chi connectivity index (χ2v) is 10.7. The molecule has 3 nitrogen and oxygen atoms in total. The molecular formula is C25H34BNO2. The predicted octanol–water partition coefficient (Wildman–Crippen LogP) is 6.53. The van der Waals surface area contributed by atoms with Crippen LogP contribution in [0.3, 0.4) is 0 Å². The molecule has 0 radical (unpaired) electrons. The third kappa shape index (κ3) is 3.06. The summed E-state index contributed by atoms with van der Waals surface area (Å²) in [5.41, 5.74) is 2.06. The Balaban J connectivity index is 1.47. The average molecular weight is 391 g/mol. The van der Waals surface area contributed by atoms with E-state index in [0.717, 1.165) is 12.8 Å². The quantitative estimate of drug-likeness (QED) is 0.558. The highest BCUT2D eigenvalue weighted by molar-refractivity contribution is 6.50. The van der Waals surface area contributed by atoms with E-state index in [9.17, 15) is 0 Å². The monoisotopic (exact) mass is 391 g/mol. The van der Waals surface area contributed by atoms with E-state index in [2.05, 4.69) is 52.0 Å². The minimum atomic E-state index is -0.259. The summed E-state index contributed by atoms with van der Waals surface area (Å²) in [4.78, 5) is 4.73. The van der Waals surface area contributed by atoms with Crippen molar-refractivity contribution in [3.8, 4) is 0 Å². The van der Waals surface area contributed by atoms with Crippen molar-refractivity contribution >= 4 is 18.0 Å². The van der Waals surface area contributed by atoms with Crippen molar-refractivity contribution in [1.82, 2.24) is 4.98 Å². The Bertz CT molecular complexity index is 875. The molecule has 154 valence electrons. The van der Waals surface area contributed by atoms with Crippen molar-refractivity contribution in [3.05, 3.63) is 42.1 Å². The predicted molar refractivity (Wildman–Crippen MR) is 119 cm³/mol. The molecule has 0 amide bonds. The molecule has 2 aliphatic carbocycles. The molecule has 1 aliphatic heterocycles. The lowest BCUT2D eigenvalue weighted by Gasteiger charge is -2.54. The van der Waals surface area contributed by atoms with Crippen LogP contribution in [0.5, 0.6) is 0 Å². The zero-order chi connectivity index (χ0) is 20.3. The van der Waals surface area contributed by atoms with Gasteiger partial charge in [0.1, 0.15) is 0 Å². The Hall–Kier alpha value is -1.39. The summed E-state index contributed by atoms with van der Waals surface area (Å²) in [7, 11) is -0.0882. The number of benzene rings is 1. The zero-order valence-electron chi connectivity index (χ0n) is 18.4. The summed E-state index contributed by atoms with van der Waals surface area (Å²) < 4.78 is 13.3. The summed E-state index contributed by atoms with van der Waals surface area (Å²) in [6, 6.07) is 10.9. The molecule has 0 atom stereocenters. The normalized spacial score (nSPS) is 31.7. The minimum absolute atomic E-state index is 0.0882. The fourth-order valence-electron chi connectivity index (χ4n) is 6.01. The standard InChI is InChI=1S/C25H34BNO2/c1-23(2)24(3,4)29-26(28-23)25(20-12-6-5-7-13-20)16-19(17-25)21-14-8-10-18-11-9-15-27-22(18)21/h8-11,14-15,19-20H,5-7,12-13,16-17H2,1-4H3. The van der Waals surface area contributed by atoms with E-state index in [-0.39, 0.29) is 23.6 Å². The van der Waals surface area contributed by atoms with Crippen molar-refractivity contribution in [2.24, 2.45) is 5.92 Å². The van der Waals surface area contributed by atoms with Crippen LogP contribution in [0, 0.1) is 5.92 Å². The number of nitrogens with zero attached hydrogens (tertiary/aromatic N) is 1. The molecule has 1 saturated heterocycles. The van der Waals surface area contributed by atoms with Crippen LogP contribution >= 0.6 is 0 Å². The fourth-order valence-corrected chi connectivity index (χ4v) is 6.01. The SMILES string of the molecule is CC1(C)OB(C2(C3CCCCC3)CC(c3cccc4cccnc34)C2)OC1(C)C. The van der Waals surface area contributed by atoms with Crippen molar-refractivity contribution < 1.29 is 9.31 Å². The van der Waals surface area contributed by atoms with E-state index in [4.69, 9.17) is 14.3 Å². The first kappa shape index (κ1) is 19.6. The van der Waals surface area contributed by atoms with Gasteiger partial charge in [0.2, 0.25) is 0 Å². The number of hydrogen-bond acceptors (Lipinski definition) is 3. The second kappa shape index (κ2) is 6.82. The highest BCUT2D eigenvalue weighted by Gasteiger charge is 2.65. The second-order valence-electron chi connectivity index (χ2n) is 10.7. The van der Waals surface area contributed by atoms with Crippen LogP contribution in [0.4, 0.5) is 0 Å². The number of pyridine rings is 1. The molecule has 0 N–H and O–H groups in total. The van der Waals surface area contributed by atoms with Crippen LogP contribution in [-0.2, 0) is 9.31 Å². The van der Waals surface area contributed by atoms with E-state index in [1.165, 1.54) is 48.6 Å². The van der Waals surface area contributed by atoms with Crippen LogP contribution in [0.15, 0.2) is 36.5 Å². The van der Waals surface area contributed by atoms with Gasteiger partial charge in [-0.1, -0.05) is 56.4 Å². The molecule has 1 aromatic heterocycles. The van der Waals surface area contributed by atoms with Gasteiger partial charge in [-0.05, 0) is 64.0 Å². The summed E-state index contributed by atoms with van der Waals surface area (Å²) in [5, 5.41) is 1.39. The van der Waals surface area contributed by atoms with Gasteiger partial charge in [-0.15, -0.1) is 0 Å². The van der Waals surface area contributed by atoms with E-state index in [1.54, 1.807) is 0 Å². The molecule has 2 saturated carbocycles. The van der Waals surface area contributed by atoms with Crippen LogP contribution in [0.1, 0.15) is 84.1 Å². The third-order valence-electron chi connectivity index (χ3n) is 8.50. The maximum absolute atomic E-state index is 6.66. The molecule has 4 heteroatoms. The molecule has 2 heterocycles. The summed E-state index contributed by atoms with van der Waals surface area (Å²) in [5.74, 6) is 1.26. The van der Waals surface area contributed by atoms with Crippen LogP contribution < -0.4 is 0 Å². The zero-order valence-corrected chi connectivity index (χ0v) is 18.4. The topological polar surface area (TPSA) is 31.4 Å². The number of aromatic nitrogens is 1. The van der Waals surface area contributed by atoms with Crippen LogP contribution in [0.2, 0.25) is 5.31 Å². The van der Waals surface area contributed by atoms with Crippen LogP contribution in [0.25, 0.3) is 10.9 Å². The molecule has 1 aromatic carbocycles. The van der Waals surface area contributed by atoms with Crippen molar-refractivity contribution in [2.45, 2.75) is 95.1 Å². The Labute approximate surface area is 175 Å². The molecule has 0 unspecified atom stereocenters. The summed E-state index contributed by atoms with van der Waals surface area (Å²) in [6.07, 6.45) is 11.0. The lowest BCUT2D eigenvalue weighted by Crippen LogP contribution is -2.49. The number of fused-ring (bicyclic) bond motifs is 1. The molecule has 3 aliphatic rings. The third-order valence-corrected chi connectivity index (χ3v) is 8.50. The molecule has 3 fully saturated rings. The van der Waals surface area contributed by atoms with E-state index >= 15 is 0 Å². The largest absolute Gasteiger partial charge is 0.464 e. The molecule has 5 rings (SSSR count). The van der Waals surface area contributed by atoms with Gasteiger partial charge < -0.3 is 9.31 Å². The molecule has 2 aromatic rings. The number of hydrogen-bond donors (Lipinski definition) is 0. The van der Waals surface area contributed by atoms with Gasteiger partial charge in [-0.25, -0.2) is 0 Å². The van der Waals surface area contributed by atoms with E-state index < -0.39 is 0 Å². The average Bonchev–Trinajstić information content (AvgIpc) is 2.89. The summed E-state index contributed by atoms with van der Waals surface area (Å²) in [6.45, 7) is 8.75. The molecule has 0 bridgehead atoms. The molecule has 0 spiro atoms. The number of rotatable bonds is 3. The number of para-hydroxylation sites is 1. The molecule has 29 heavy (non-hydrogen) atoms. The van der Waals surface area contributed by atoms with Crippen molar-refractivity contribution in [3.63, 3.8) is 0 Å². The van der Waals surface area contributed by atoms with E-state index in [1.807, 2.05) is 12.3 Å². The lowest BCUT2D eigenvalue weighted by atomic mass is 9.37. The minimum Gasteiger partial charge on any atom is -0.403 e. The Morgan fingerprint density at radius 1 is 0.897 bits per heavy atom. The van der Waals surface area contributed by atoms with Gasteiger partial charge in [-0.2, -0.15) is 0 Å². The van der Waals surface area contributed by atoms with Gasteiger partial charge in [0.15, 0.2) is 0 Å². The van der Waals surface area contributed by atoms with Crippen molar-refractivity contribution in [1.29, 1.82) is 0 Å². The van der Waals surface area contributed by atoms with Crippen molar-refractivity contribution in [2.75, 3.05) is 0 Å². The smallest absolute Gasteiger partial charge is 0.403 e. The van der Waals surface area contributed by atoms with Gasteiger partial charge in [0, 0.05) is 16.9 Å². The van der Waals surface area contributed by atoms with Gasteiger partial charge >= 0.3 is 7.12 Å². The Morgan fingerprint density at radius 3 is 2.24 bits per heavy atom. The van der Waals surface area contributed by atoms with Gasteiger partial charge in [0.25, 0.3) is 0 Å². The first-order valence-electron chi connectivity index (χ1n) is 11.5. The fraction of sp³-hybridized carbons (Fsp3) is 0.640. The first-order chi connectivity index (χ1) is 13.8. The maximum atomic E-state index is 6.66. The lowest BCUT2D eigenvalue weighted by molar-refractivity contribution is 0.00578. The highest BCUT2D eigenvalue weighted by atomic mass is 16.7. The Kier molecular flexibility index (Phi) is 4.60. The molecular weight excluding hydrogens is 357 g/mol. The highest BCUT2D eigenvalue weighted by Crippen LogP contribution is 2.68. The maximum Gasteiger partial charge on any atom is 0.464 e. The van der Waals surface area contributed by atoms with Gasteiger partial charge in [-0.3, -0.25) is 4.98 Å². The first-order valence-corrected chi connectivity index (χ1v) is 11.5. The van der Waals surface area contributed by atoms with Gasteiger partial charge in [0.05, 0.1) is 16.7 Å². The van der Waals surface area contributed by atoms with Crippen LogP contribution in [-0.4, -0.2) is 23.3 Å². The summed E-state index contributed by atoms with van der Waals surface area (Å²) >= 11 is 0.